The summed E-state index contributed by atoms with van der Waals surface area (Å²) < 4.78 is 0. The highest BCUT2D eigenvalue weighted by molar-refractivity contribution is 5.14. The molecule has 1 aromatic rings. The van der Waals surface area contributed by atoms with Crippen LogP contribution in [0, 0.1) is 5.41 Å². The van der Waals surface area contributed by atoms with Gasteiger partial charge in [-0.1, -0.05) is 51.1 Å². The van der Waals surface area contributed by atoms with Crippen molar-refractivity contribution in [1.29, 1.82) is 0 Å². The SMILES string of the molecule is CC(C)(C)C1CNCCN1CCCCc1ccccc1. The number of benzene rings is 1. The van der Waals surface area contributed by atoms with Crippen LogP contribution in [0.1, 0.15) is 39.2 Å². The van der Waals surface area contributed by atoms with Crippen LogP contribution in [0.15, 0.2) is 30.3 Å². The quantitative estimate of drug-likeness (QED) is 0.829. The highest BCUT2D eigenvalue weighted by atomic mass is 15.2. The van der Waals surface area contributed by atoms with Gasteiger partial charge in [-0.05, 0) is 36.8 Å². The fraction of sp³-hybridized carbons (Fsp3) is 0.667. The fourth-order valence-corrected chi connectivity index (χ4v) is 3.16. The second kappa shape index (κ2) is 7.24. The Bertz CT molecular complexity index is 380. The molecule has 1 fully saturated rings. The standard InChI is InChI=1S/C18H30N2/c1-18(2,3)17-15-19-12-14-20(17)13-8-7-11-16-9-5-4-6-10-16/h4-6,9-10,17,19H,7-8,11-15H2,1-3H3. The minimum atomic E-state index is 0.368. The van der Waals surface area contributed by atoms with E-state index in [2.05, 4.69) is 61.3 Å². The highest BCUT2D eigenvalue weighted by Crippen LogP contribution is 2.25. The molecule has 1 aliphatic rings. The van der Waals surface area contributed by atoms with E-state index in [0.717, 1.165) is 13.1 Å². The second-order valence-electron chi connectivity index (χ2n) is 7.06. The zero-order valence-electron chi connectivity index (χ0n) is 13.4. The van der Waals surface area contributed by atoms with Crippen molar-refractivity contribution < 1.29 is 0 Å². The minimum absolute atomic E-state index is 0.368. The third-order valence-electron chi connectivity index (χ3n) is 4.36. The second-order valence-corrected chi connectivity index (χ2v) is 7.06. The van der Waals surface area contributed by atoms with Gasteiger partial charge in [-0.2, -0.15) is 0 Å². The Balaban J connectivity index is 1.74. The molecule has 20 heavy (non-hydrogen) atoms. The molecule has 112 valence electrons. The van der Waals surface area contributed by atoms with Crippen molar-refractivity contribution in [2.75, 3.05) is 26.2 Å². The maximum absolute atomic E-state index is 3.55. The van der Waals surface area contributed by atoms with E-state index < -0.39 is 0 Å². The average molecular weight is 274 g/mol. The summed E-state index contributed by atoms with van der Waals surface area (Å²) in [6, 6.07) is 11.5. The Kier molecular flexibility index (Phi) is 5.62. The number of piperazine rings is 1. The van der Waals surface area contributed by atoms with Gasteiger partial charge in [0.25, 0.3) is 0 Å². The largest absolute Gasteiger partial charge is 0.314 e. The van der Waals surface area contributed by atoms with E-state index in [9.17, 15) is 0 Å². The van der Waals surface area contributed by atoms with Gasteiger partial charge in [-0.3, -0.25) is 4.90 Å². The van der Waals surface area contributed by atoms with Crippen molar-refractivity contribution in [2.45, 2.75) is 46.1 Å². The number of nitrogens with one attached hydrogen (secondary N) is 1. The Morgan fingerprint density at radius 1 is 1.15 bits per heavy atom. The maximum Gasteiger partial charge on any atom is 0.0269 e. The molecule has 0 spiro atoms. The molecule has 2 nitrogen and oxygen atoms in total. The Morgan fingerprint density at radius 2 is 1.90 bits per heavy atom. The zero-order chi connectivity index (χ0) is 14.4. The molecule has 0 amide bonds. The van der Waals surface area contributed by atoms with Crippen LogP contribution in [0.4, 0.5) is 0 Å². The normalized spacial score (nSPS) is 21.1. The molecule has 1 unspecified atom stereocenters. The van der Waals surface area contributed by atoms with Crippen LogP contribution < -0.4 is 5.32 Å². The molecule has 2 rings (SSSR count). The summed E-state index contributed by atoms with van der Waals surface area (Å²) in [6.07, 6.45) is 3.82. The number of aryl methyl sites for hydroxylation is 1. The van der Waals surface area contributed by atoms with Gasteiger partial charge in [-0.25, -0.2) is 0 Å². The zero-order valence-corrected chi connectivity index (χ0v) is 13.4. The van der Waals surface area contributed by atoms with Crippen molar-refractivity contribution in [1.82, 2.24) is 10.2 Å². The predicted molar refractivity (Wildman–Crippen MR) is 87.1 cm³/mol. The van der Waals surface area contributed by atoms with Crippen LogP contribution in [-0.2, 0) is 6.42 Å². The summed E-state index contributed by atoms with van der Waals surface area (Å²) >= 11 is 0. The molecular formula is C18H30N2. The third-order valence-corrected chi connectivity index (χ3v) is 4.36. The molecule has 0 bridgehead atoms. The molecule has 1 N–H and O–H groups in total. The van der Waals surface area contributed by atoms with Crippen LogP contribution in [0.3, 0.4) is 0 Å². The van der Waals surface area contributed by atoms with Crippen molar-refractivity contribution in [2.24, 2.45) is 5.41 Å². The van der Waals surface area contributed by atoms with Crippen LogP contribution >= 0.6 is 0 Å². The molecule has 1 saturated heterocycles. The van der Waals surface area contributed by atoms with Gasteiger partial charge in [0.05, 0.1) is 0 Å². The van der Waals surface area contributed by atoms with Gasteiger partial charge >= 0.3 is 0 Å². The van der Waals surface area contributed by atoms with Crippen molar-refractivity contribution in [3.05, 3.63) is 35.9 Å². The van der Waals surface area contributed by atoms with Crippen LogP contribution in [-0.4, -0.2) is 37.1 Å². The first-order valence-corrected chi connectivity index (χ1v) is 8.06. The van der Waals surface area contributed by atoms with Gasteiger partial charge in [0.1, 0.15) is 0 Å². The van der Waals surface area contributed by atoms with E-state index in [1.165, 1.54) is 37.9 Å². The van der Waals surface area contributed by atoms with E-state index in [1.54, 1.807) is 0 Å². The molecule has 0 radical (unpaired) electrons. The van der Waals surface area contributed by atoms with E-state index in [4.69, 9.17) is 0 Å². The van der Waals surface area contributed by atoms with Crippen molar-refractivity contribution >= 4 is 0 Å². The summed E-state index contributed by atoms with van der Waals surface area (Å²) in [5, 5.41) is 3.55. The van der Waals surface area contributed by atoms with E-state index >= 15 is 0 Å². The predicted octanol–water partition coefficient (Wildman–Crippen LogP) is 3.33. The van der Waals surface area contributed by atoms with Gasteiger partial charge < -0.3 is 5.32 Å². The number of unbranched alkanes of at least 4 members (excludes halogenated alkanes) is 1. The van der Waals surface area contributed by atoms with Gasteiger partial charge in [0.15, 0.2) is 0 Å². The molecule has 0 aromatic heterocycles. The third kappa shape index (κ3) is 4.60. The van der Waals surface area contributed by atoms with Crippen molar-refractivity contribution in [3.63, 3.8) is 0 Å². The topological polar surface area (TPSA) is 15.3 Å². The first-order chi connectivity index (χ1) is 9.57. The average Bonchev–Trinajstić information content (AvgIpc) is 2.44. The lowest BCUT2D eigenvalue weighted by atomic mass is 9.84. The monoisotopic (exact) mass is 274 g/mol. The molecule has 0 saturated carbocycles. The Morgan fingerprint density at radius 3 is 2.60 bits per heavy atom. The Hall–Kier alpha value is -0.860. The van der Waals surface area contributed by atoms with Crippen LogP contribution in [0.5, 0.6) is 0 Å². The molecule has 0 aliphatic carbocycles. The van der Waals surface area contributed by atoms with Gasteiger partial charge in [-0.15, -0.1) is 0 Å². The maximum atomic E-state index is 3.55. The number of hydrogen-bond acceptors (Lipinski definition) is 2. The number of hydrogen-bond donors (Lipinski definition) is 1. The van der Waals surface area contributed by atoms with Crippen LogP contribution in [0.25, 0.3) is 0 Å². The highest BCUT2D eigenvalue weighted by Gasteiger charge is 2.31. The number of nitrogens with zero attached hydrogens (tertiary/aromatic N) is 1. The molecule has 2 heteroatoms. The summed E-state index contributed by atoms with van der Waals surface area (Å²) in [4.78, 5) is 2.70. The van der Waals surface area contributed by atoms with E-state index in [-0.39, 0.29) is 0 Å². The first kappa shape index (κ1) is 15.5. The van der Waals surface area contributed by atoms with Gasteiger partial charge in [0, 0.05) is 25.7 Å². The smallest absolute Gasteiger partial charge is 0.0269 e. The summed E-state index contributed by atoms with van der Waals surface area (Å²) in [6.45, 7) is 11.8. The van der Waals surface area contributed by atoms with E-state index in [0.29, 0.717) is 11.5 Å². The molecule has 1 aromatic carbocycles. The summed E-state index contributed by atoms with van der Waals surface area (Å²) in [7, 11) is 0. The number of rotatable bonds is 5. The van der Waals surface area contributed by atoms with Gasteiger partial charge in [0.2, 0.25) is 0 Å². The summed E-state index contributed by atoms with van der Waals surface area (Å²) in [5.41, 5.74) is 1.84. The molecule has 1 aliphatic heterocycles. The van der Waals surface area contributed by atoms with E-state index in [1.807, 2.05) is 0 Å². The molecule has 1 atom stereocenters. The fourth-order valence-electron chi connectivity index (χ4n) is 3.16. The lowest BCUT2D eigenvalue weighted by Crippen LogP contribution is -2.56. The minimum Gasteiger partial charge on any atom is -0.314 e. The van der Waals surface area contributed by atoms with Crippen molar-refractivity contribution in [3.8, 4) is 0 Å². The first-order valence-electron chi connectivity index (χ1n) is 8.06. The van der Waals surface area contributed by atoms with Crippen LogP contribution in [0.2, 0.25) is 0 Å². The molecular weight excluding hydrogens is 244 g/mol. The molecule has 1 heterocycles. The lowest BCUT2D eigenvalue weighted by molar-refractivity contribution is 0.0740. The Labute approximate surface area is 124 Å². The summed E-state index contributed by atoms with van der Waals surface area (Å²) in [5.74, 6) is 0. The lowest BCUT2D eigenvalue weighted by Gasteiger charge is -2.43.